The molecule has 1 aromatic carbocycles. The van der Waals surface area contributed by atoms with Gasteiger partial charge in [-0.2, -0.15) is 0 Å². The normalized spacial score (nSPS) is 11.5. The summed E-state index contributed by atoms with van der Waals surface area (Å²) in [6, 6.07) is 21.7. The quantitative estimate of drug-likeness (QED) is 0.0656. The molecule has 0 spiro atoms. The van der Waals surface area contributed by atoms with Crippen molar-refractivity contribution >= 4 is 34.0 Å². The third-order valence-electron chi connectivity index (χ3n) is 9.10. The average molecular weight is 661 g/mol. The topological polar surface area (TPSA) is 0 Å². The smallest absolute Gasteiger partial charge is 0.0346 e. The van der Waals surface area contributed by atoms with E-state index in [-0.39, 0.29) is 0 Å². The first-order valence-corrected chi connectivity index (χ1v) is 21.1. The lowest BCUT2D eigenvalue weighted by Gasteiger charge is -2.08. The molecule has 4 rings (SSSR count). The van der Waals surface area contributed by atoms with Crippen molar-refractivity contribution < 1.29 is 0 Å². The highest BCUT2D eigenvalue weighted by Crippen LogP contribution is 2.40. The highest BCUT2D eigenvalue weighted by molar-refractivity contribution is 7.16. The maximum atomic E-state index is 2.47. The Morgan fingerprint density at radius 1 is 0.333 bits per heavy atom. The zero-order valence-corrected chi connectivity index (χ0v) is 31.2. The molecule has 0 radical (unpaired) electrons. The van der Waals surface area contributed by atoms with Crippen LogP contribution in [0.15, 0.2) is 54.6 Å². The van der Waals surface area contributed by atoms with E-state index in [1.54, 1.807) is 14.6 Å². The lowest BCUT2D eigenvalue weighted by Crippen LogP contribution is -1.83. The van der Waals surface area contributed by atoms with E-state index in [1.807, 2.05) is 34.0 Å². The summed E-state index contributed by atoms with van der Waals surface area (Å²) in [4.78, 5) is 8.90. The Balaban J connectivity index is 1.47. The van der Waals surface area contributed by atoms with Gasteiger partial charge in [-0.1, -0.05) is 117 Å². The standard InChI is InChI=1S/C42H60S3/c1-4-7-10-13-16-19-22-37-25-28-40(43-37)34-31-35(41-29-26-38(44-41)23-20-17-14-11-8-5-2)33-36(32-34)42-30-27-39(45-42)24-21-18-15-12-9-6-3/h25-33H,4-24H2,1-3H3. The molecule has 3 heteroatoms. The third-order valence-corrected chi connectivity index (χ3v) is 12.7. The fraction of sp³-hybridized carbons (Fsp3) is 0.571. The number of aryl methyl sites for hydroxylation is 3. The highest BCUT2D eigenvalue weighted by Gasteiger charge is 2.13. The summed E-state index contributed by atoms with van der Waals surface area (Å²) in [5, 5.41) is 0. The predicted octanol–water partition coefficient (Wildman–Crippen LogP) is 15.6. The Bertz CT molecular complexity index is 1160. The molecule has 0 aliphatic carbocycles. The van der Waals surface area contributed by atoms with Gasteiger partial charge in [-0.3, -0.25) is 0 Å². The monoisotopic (exact) mass is 660 g/mol. The van der Waals surface area contributed by atoms with Crippen LogP contribution in [-0.4, -0.2) is 0 Å². The van der Waals surface area contributed by atoms with Gasteiger partial charge < -0.3 is 0 Å². The summed E-state index contributed by atoms with van der Waals surface area (Å²) < 4.78 is 0. The van der Waals surface area contributed by atoms with Crippen molar-refractivity contribution in [3.05, 3.63) is 69.2 Å². The Hall–Kier alpha value is -1.68. The second-order valence-electron chi connectivity index (χ2n) is 13.2. The fourth-order valence-electron chi connectivity index (χ4n) is 6.30. The third kappa shape index (κ3) is 12.8. The van der Waals surface area contributed by atoms with Gasteiger partial charge in [0.15, 0.2) is 0 Å². The Labute approximate surface area is 288 Å². The van der Waals surface area contributed by atoms with Gasteiger partial charge >= 0.3 is 0 Å². The van der Waals surface area contributed by atoms with Crippen LogP contribution < -0.4 is 0 Å². The second-order valence-corrected chi connectivity index (χ2v) is 16.7. The van der Waals surface area contributed by atoms with Crippen molar-refractivity contribution in [3.8, 4) is 31.3 Å². The van der Waals surface area contributed by atoms with E-state index in [9.17, 15) is 0 Å². The molecule has 0 saturated carbocycles. The van der Waals surface area contributed by atoms with Crippen LogP contribution in [0.1, 0.15) is 151 Å². The number of thiophene rings is 3. The molecule has 3 heterocycles. The largest absolute Gasteiger partial charge is 0.140 e. The molecule has 0 aliphatic rings. The second kappa shape index (κ2) is 21.2. The number of hydrogen-bond acceptors (Lipinski definition) is 3. The molecule has 0 amide bonds. The molecular formula is C42H60S3. The lowest BCUT2D eigenvalue weighted by molar-refractivity contribution is 0.609. The Kier molecular flexibility index (Phi) is 17.1. The van der Waals surface area contributed by atoms with Crippen LogP contribution >= 0.6 is 34.0 Å². The maximum absolute atomic E-state index is 2.47. The van der Waals surface area contributed by atoms with Crippen LogP contribution in [0, 0.1) is 0 Å². The first-order valence-electron chi connectivity index (χ1n) is 18.6. The van der Waals surface area contributed by atoms with E-state index < -0.39 is 0 Å². The van der Waals surface area contributed by atoms with E-state index in [0.29, 0.717) is 0 Å². The van der Waals surface area contributed by atoms with Crippen LogP contribution in [0.25, 0.3) is 31.3 Å². The van der Waals surface area contributed by atoms with Gasteiger partial charge in [0.05, 0.1) is 0 Å². The molecule has 0 atom stereocenters. The highest BCUT2D eigenvalue weighted by atomic mass is 32.1. The first-order chi connectivity index (χ1) is 22.2. The van der Waals surface area contributed by atoms with Gasteiger partial charge in [-0.15, -0.1) is 34.0 Å². The lowest BCUT2D eigenvalue weighted by atomic mass is 10.0. The summed E-state index contributed by atoms with van der Waals surface area (Å²) in [6.45, 7) is 6.90. The summed E-state index contributed by atoms with van der Waals surface area (Å²) in [7, 11) is 0. The van der Waals surface area contributed by atoms with E-state index in [2.05, 4.69) is 75.4 Å². The Morgan fingerprint density at radius 2 is 0.600 bits per heavy atom. The van der Waals surface area contributed by atoms with Crippen molar-refractivity contribution in [1.82, 2.24) is 0 Å². The van der Waals surface area contributed by atoms with Gasteiger partial charge in [0.25, 0.3) is 0 Å². The SMILES string of the molecule is CCCCCCCCc1ccc(-c2cc(-c3ccc(CCCCCCCC)s3)cc(-c3ccc(CCCCCCCC)s3)c2)s1. The maximum Gasteiger partial charge on any atom is 0.0346 e. The molecule has 45 heavy (non-hydrogen) atoms. The van der Waals surface area contributed by atoms with Crippen molar-refractivity contribution in [2.75, 3.05) is 0 Å². The minimum atomic E-state index is 1.22. The summed E-state index contributed by atoms with van der Waals surface area (Å²) >= 11 is 6.05. The average Bonchev–Trinajstić information content (AvgIpc) is 3.84. The van der Waals surface area contributed by atoms with E-state index in [4.69, 9.17) is 0 Å². The molecule has 0 aliphatic heterocycles. The fourth-order valence-corrected chi connectivity index (χ4v) is 9.41. The molecule has 4 aromatic rings. The zero-order valence-electron chi connectivity index (χ0n) is 28.8. The van der Waals surface area contributed by atoms with E-state index >= 15 is 0 Å². The van der Waals surface area contributed by atoms with Crippen molar-refractivity contribution in [2.45, 2.75) is 156 Å². The van der Waals surface area contributed by atoms with Gasteiger partial charge in [-0.25, -0.2) is 0 Å². The van der Waals surface area contributed by atoms with Crippen LogP contribution in [0.3, 0.4) is 0 Å². The van der Waals surface area contributed by atoms with Gasteiger partial charge in [-0.05, 0) is 110 Å². The minimum Gasteiger partial charge on any atom is -0.140 e. The van der Waals surface area contributed by atoms with Crippen molar-refractivity contribution in [2.24, 2.45) is 0 Å². The molecule has 3 aromatic heterocycles. The predicted molar refractivity (Wildman–Crippen MR) is 208 cm³/mol. The van der Waals surface area contributed by atoms with Gasteiger partial charge in [0.2, 0.25) is 0 Å². The van der Waals surface area contributed by atoms with Crippen molar-refractivity contribution in [1.29, 1.82) is 0 Å². The summed E-state index contributed by atoms with van der Waals surface area (Å²) in [5.41, 5.74) is 4.16. The number of rotatable bonds is 24. The zero-order chi connectivity index (χ0) is 31.5. The minimum absolute atomic E-state index is 1.22. The van der Waals surface area contributed by atoms with E-state index in [1.165, 1.54) is 166 Å². The Morgan fingerprint density at radius 3 is 0.889 bits per heavy atom. The summed E-state index contributed by atoms with van der Waals surface area (Å²) in [5.74, 6) is 0. The molecule has 246 valence electrons. The van der Waals surface area contributed by atoms with Crippen LogP contribution in [0.5, 0.6) is 0 Å². The van der Waals surface area contributed by atoms with Gasteiger partial charge in [0, 0.05) is 29.3 Å². The molecule has 0 N–H and O–H groups in total. The molecule has 0 unspecified atom stereocenters. The molecule has 0 fully saturated rings. The first kappa shape index (κ1) is 36.2. The molecular weight excluding hydrogens is 601 g/mol. The number of unbranched alkanes of at least 4 members (excludes halogenated alkanes) is 15. The van der Waals surface area contributed by atoms with Crippen molar-refractivity contribution in [3.63, 3.8) is 0 Å². The molecule has 0 saturated heterocycles. The van der Waals surface area contributed by atoms with Crippen LogP contribution in [0.4, 0.5) is 0 Å². The number of benzene rings is 1. The van der Waals surface area contributed by atoms with Gasteiger partial charge in [0.1, 0.15) is 0 Å². The van der Waals surface area contributed by atoms with Crippen LogP contribution in [-0.2, 0) is 19.3 Å². The molecule has 0 nitrogen and oxygen atoms in total. The van der Waals surface area contributed by atoms with Crippen LogP contribution in [0.2, 0.25) is 0 Å². The molecule has 0 bridgehead atoms. The number of hydrogen-bond donors (Lipinski definition) is 0. The van der Waals surface area contributed by atoms with E-state index in [0.717, 1.165) is 0 Å². The summed E-state index contributed by atoms with van der Waals surface area (Å²) in [6.07, 6.45) is 28.2.